The summed E-state index contributed by atoms with van der Waals surface area (Å²) in [5.74, 6) is -0.0160. The van der Waals surface area contributed by atoms with Gasteiger partial charge in [0.05, 0.1) is 11.0 Å². The summed E-state index contributed by atoms with van der Waals surface area (Å²) in [4.78, 5) is 18.2. The standard InChI is InChI=1S/C11H13N3OS/c12-10(16)9-2-1-7-14(9)11(15)8-3-5-13-6-4-8/h3-6,9H,1-2,7H2,(H2,12,16). The first-order chi connectivity index (χ1) is 7.70. The number of pyridine rings is 1. The Morgan fingerprint density at radius 1 is 1.50 bits per heavy atom. The first-order valence-electron chi connectivity index (χ1n) is 5.20. The molecule has 2 heterocycles. The minimum absolute atomic E-state index is 0.0160. The van der Waals surface area contributed by atoms with E-state index in [9.17, 15) is 4.79 Å². The molecule has 1 aliphatic rings. The quantitative estimate of drug-likeness (QED) is 0.776. The predicted octanol–water partition coefficient (Wildman–Crippen LogP) is 0.972. The highest BCUT2D eigenvalue weighted by Gasteiger charge is 2.30. The average molecular weight is 235 g/mol. The fraction of sp³-hybridized carbons (Fsp3) is 0.364. The summed E-state index contributed by atoms with van der Waals surface area (Å²) < 4.78 is 0. The van der Waals surface area contributed by atoms with Crippen LogP contribution in [0.15, 0.2) is 24.5 Å². The lowest BCUT2D eigenvalue weighted by Gasteiger charge is -2.23. The minimum atomic E-state index is -0.0873. The van der Waals surface area contributed by atoms with E-state index in [1.165, 1.54) is 0 Å². The van der Waals surface area contributed by atoms with E-state index in [1.807, 2.05) is 0 Å². The molecule has 84 valence electrons. The van der Waals surface area contributed by atoms with E-state index in [1.54, 1.807) is 29.4 Å². The molecule has 16 heavy (non-hydrogen) atoms. The molecule has 2 rings (SSSR count). The lowest BCUT2D eigenvalue weighted by atomic mass is 10.2. The second-order valence-corrected chi connectivity index (χ2v) is 4.27. The Morgan fingerprint density at radius 3 is 2.81 bits per heavy atom. The van der Waals surface area contributed by atoms with Crippen LogP contribution >= 0.6 is 12.2 Å². The molecule has 1 atom stereocenters. The van der Waals surface area contributed by atoms with Crippen molar-refractivity contribution >= 4 is 23.1 Å². The zero-order valence-corrected chi connectivity index (χ0v) is 9.61. The molecule has 1 amide bonds. The summed E-state index contributed by atoms with van der Waals surface area (Å²) in [5, 5.41) is 0. The topological polar surface area (TPSA) is 59.2 Å². The summed E-state index contributed by atoms with van der Waals surface area (Å²) in [7, 11) is 0. The number of carbonyl (C=O) groups is 1. The minimum Gasteiger partial charge on any atom is -0.392 e. The number of hydrogen-bond acceptors (Lipinski definition) is 3. The lowest BCUT2D eigenvalue weighted by molar-refractivity contribution is 0.0770. The van der Waals surface area contributed by atoms with E-state index in [4.69, 9.17) is 18.0 Å². The molecule has 0 aromatic carbocycles. The Bertz CT molecular complexity index is 407. The van der Waals surface area contributed by atoms with Gasteiger partial charge in [-0.25, -0.2) is 0 Å². The third kappa shape index (κ3) is 2.04. The Morgan fingerprint density at radius 2 is 2.19 bits per heavy atom. The van der Waals surface area contributed by atoms with Gasteiger partial charge >= 0.3 is 0 Å². The van der Waals surface area contributed by atoms with Crippen LogP contribution in [0.2, 0.25) is 0 Å². The van der Waals surface area contributed by atoms with Gasteiger partial charge in [-0.05, 0) is 25.0 Å². The van der Waals surface area contributed by atoms with Gasteiger partial charge in [0, 0.05) is 24.5 Å². The summed E-state index contributed by atoms with van der Waals surface area (Å²) in [6.45, 7) is 0.725. The maximum atomic E-state index is 12.1. The molecule has 1 aromatic heterocycles. The molecule has 0 saturated carbocycles. The Balaban J connectivity index is 2.19. The number of nitrogens with zero attached hydrogens (tertiary/aromatic N) is 2. The second-order valence-electron chi connectivity index (χ2n) is 3.79. The van der Waals surface area contributed by atoms with Gasteiger partial charge in [-0.2, -0.15) is 0 Å². The number of likely N-dealkylation sites (tertiary alicyclic amines) is 1. The van der Waals surface area contributed by atoms with Crippen LogP contribution in [0.1, 0.15) is 23.2 Å². The molecule has 1 saturated heterocycles. The molecule has 0 radical (unpaired) electrons. The second kappa shape index (κ2) is 4.57. The fourth-order valence-electron chi connectivity index (χ4n) is 1.97. The van der Waals surface area contributed by atoms with Crippen molar-refractivity contribution < 1.29 is 4.79 Å². The molecule has 5 heteroatoms. The van der Waals surface area contributed by atoms with E-state index >= 15 is 0 Å². The molecule has 4 nitrogen and oxygen atoms in total. The highest BCUT2D eigenvalue weighted by Crippen LogP contribution is 2.20. The van der Waals surface area contributed by atoms with Crippen LogP contribution in [-0.4, -0.2) is 33.4 Å². The monoisotopic (exact) mass is 235 g/mol. The van der Waals surface area contributed by atoms with Gasteiger partial charge < -0.3 is 10.6 Å². The molecular weight excluding hydrogens is 222 g/mol. The Labute approximate surface area is 99.5 Å². The Hall–Kier alpha value is -1.49. The van der Waals surface area contributed by atoms with Crippen molar-refractivity contribution in [3.05, 3.63) is 30.1 Å². The van der Waals surface area contributed by atoms with E-state index in [2.05, 4.69) is 4.98 Å². The van der Waals surface area contributed by atoms with Crippen LogP contribution in [0, 0.1) is 0 Å². The third-order valence-corrected chi connectivity index (χ3v) is 3.04. The SMILES string of the molecule is NC(=S)C1CCCN1C(=O)c1ccncc1. The predicted molar refractivity (Wildman–Crippen MR) is 65.1 cm³/mol. The molecule has 0 aliphatic carbocycles. The van der Waals surface area contributed by atoms with Crippen LogP contribution in [0.3, 0.4) is 0 Å². The zero-order chi connectivity index (χ0) is 11.5. The molecule has 0 spiro atoms. The van der Waals surface area contributed by atoms with Crippen LogP contribution in [0.4, 0.5) is 0 Å². The molecular formula is C11H13N3OS. The highest BCUT2D eigenvalue weighted by molar-refractivity contribution is 7.80. The Kier molecular flexibility index (Phi) is 3.14. The van der Waals surface area contributed by atoms with Crippen molar-refractivity contribution in [3.63, 3.8) is 0 Å². The number of amides is 1. The van der Waals surface area contributed by atoms with E-state index < -0.39 is 0 Å². The van der Waals surface area contributed by atoms with Crippen molar-refractivity contribution in [2.75, 3.05) is 6.54 Å². The number of aromatic nitrogens is 1. The van der Waals surface area contributed by atoms with Crippen molar-refractivity contribution in [1.29, 1.82) is 0 Å². The summed E-state index contributed by atoms with van der Waals surface area (Å²) in [6.07, 6.45) is 5.04. The van der Waals surface area contributed by atoms with Gasteiger partial charge in [-0.3, -0.25) is 9.78 Å². The number of nitrogens with two attached hydrogens (primary N) is 1. The zero-order valence-electron chi connectivity index (χ0n) is 8.80. The summed E-state index contributed by atoms with van der Waals surface area (Å²) >= 11 is 4.97. The maximum Gasteiger partial charge on any atom is 0.254 e. The lowest BCUT2D eigenvalue weighted by Crippen LogP contribution is -2.42. The number of rotatable bonds is 2. The largest absolute Gasteiger partial charge is 0.392 e. The van der Waals surface area contributed by atoms with Crippen molar-refractivity contribution in [2.45, 2.75) is 18.9 Å². The van der Waals surface area contributed by atoms with E-state index in [0.717, 1.165) is 19.4 Å². The summed E-state index contributed by atoms with van der Waals surface area (Å²) in [5.41, 5.74) is 6.27. The van der Waals surface area contributed by atoms with E-state index in [0.29, 0.717) is 10.6 Å². The smallest absolute Gasteiger partial charge is 0.254 e. The number of thiocarbonyl (C=S) groups is 1. The summed E-state index contributed by atoms with van der Waals surface area (Å²) in [6, 6.07) is 3.32. The van der Waals surface area contributed by atoms with Gasteiger partial charge in [-0.15, -0.1) is 0 Å². The molecule has 1 aromatic rings. The van der Waals surface area contributed by atoms with Crippen molar-refractivity contribution in [1.82, 2.24) is 9.88 Å². The highest BCUT2D eigenvalue weighted by atomic mass is 32.1. The van der Waals surface area contributed by atoms with E-state index in [-0.39, 0.29) is 11.9 Å². The van der Waals surface area contributed by atoms with Crippen LogP contribution < -0.4 is 5.73 Å². The van der Waals surface area contributed by atoms with Crippen molar-refractivity contribution in [2.24, 2.45) is 5.73 Å². The van der Waals surface area contributed by atoms with Gasteiger partial charge in [0.25, 0.3) is 5.91 Å². The molecule has 2 N–H and O–H groups in total. The molecule has 1 aliphatic heterocycles. The number of hydrogen-bond donors (Lipinski definition) is 1. The van der Waals surface area contributed by atoms with Crippen LogP contribution in [-0.2, 0) is 0 Å². The molecule has 1 fully saturated rings. The van der Waals surface area contributed by atoms with Crippen LogP contribution in [0.25, 0.3) is 0 Å². The first-order valence-corrected chi connectivity index (χ1v) is 5.61. The fourth-order valence-corrected chi connectivity index (χ4v) is 2.21. The molecule has 1 unspecified atom stereocenters. The van der Waals surface area contributed by atoms with Crippen molar-refractivity contribution in [3.8, 4) is 0 Å². The van der Waals surface area contributed by atoms with Gasteiger partial charge in [0.2, 0.25) is 0 Å². The van der Waals surface area contributed by atoms with Gasteiger partial charge in [0.15, 0.2) is 0 Å². The average Bonchev–Trinajstić information content (AvgIpc) is 2.78. The van der Waals surface area contributed by atoms with Gasteiger partial charge in [-0.1, -0.05) is 12.2 Å². The molecule has 0 bridgehead atoms. The first kappa shape index (κ1) is 11.0. The maximum absolute atomic E-state index is 12.1. The normalized spacial score (nSPS) is 19.8. The third-order valence-electron chi connectivity index (χ3n) is 2.77. The van der Waals surface area contributed by atoms with Gasteiger partial charge in [0.1, 0.15) is 0 Å². The van der Waals surface area contributed by atoms with Crippen LogP contribution in [0.5, 0.6) is 0 Å². The number of carbonyl (C=O) groups excluding carboxylic acids is 1.